The Hall–Kier alpha value is -2.69. The number of rotatable bonds is 9. The van der Waals surface area contributed by atoms with E-state index in [9.17, 15) is 4.79 Å². The van der Waals surface area contributed by atoms with Crippen molar-refractivity contribution in [2.45, 2.75) is 19.3 Å². The molecule has 0 aromatic heterocycles. The quantitative estimate of drug-likeness (QED) is 0.742. The number of benzene rings is 2. The van der Waals surface area contributed by atoms with E-state index in [-0.39, 0.29) is 12.5 Å². The van der Waals surface area contributed by atoms with Gasteiger partial charge in [-0.25, -0.2) is 0 Å². The van der Waals surface area contributed by atoms with E-state index in [0.29, 0.717) is 0 Å². The molecule has 2 rings (SSSR count). The van der Waals surface area contributed by atoms with Crippen LogP contribution in [0.2, 0.25) is 0 Å². The Kier molecular flexibility index (Phi) is 6.49. The van der Waals surface area contributed by atoms with Crippen LogP contribution in [0.5, 0.6) is 11.5 Å². The van der Waals surface area contributed by atoms with Crippen molar-refractivity contribution >= 4 is 11.6 Å². The second-order valence-corrected chi connectivity index (χ2v) is 5.56. The lowest BCUT2D eigenvalue weighted by molar-refractivity contribution is -0.116. The first-order valence-corrected chi connectivity index (χ1v) is 7.94. The first-order chi connectivity index (χ1) is 11.6. The van der Waals surface area contributed by atoms with Crippen molar-refractivity contribution in [3.8, 4) is 11.5 Å². The molecule has 2 aromatic carbocycles. The zero-order chi connectivity index (χ0) is 17.4. The predicted molar refractivity (Wildman–Crippen MR) is 95.7 cm³/mol. The smallest absolute Gasteiger partial charge is 0.236 e. The number of anilines is 1. The summed E-state index contributed by atoms with van der Waals surface area (Å²) in [4.78, 5) is 10.8. The van der Waals surface area contributed by atoms with Crippen LogP contribution in [0.4, 0.5) is 5.69 Å². The van der Waals surface area contributed by atoms with Gasteiger partial charge < -0.3 is 20.5 Å². The molecule has 24 heavy (non-hydrogen) atoms. The Morgan fingerprint density at radius 3 is 2.38 bits per heavy atom. The lowest BCUT2D eigenvalue weighted by atomic mass is 10.0. The number of hydrogen-bond donors (Lipinski definition) is 2. The van der Waals surface area contributed by atoms with Crippen molar-refractivity contribution in [1.29, 1.82) is 0 Å². The minimum Gasteiger partial charge on any atom is -0.493 e. The number of methoxy groups -OCH3 is 2. The van der Waals surface area contributed by atoms with Crippen LogP contribution in [-0.4, -0.2) is 26.7 Å². The van der Waals surface area contributed by atoms with Gasteiger partial charge in [-0.15, -0.1) is 0 Å². The van der Waals surface area contributed by atoms with Crippen molar-refractivity contribution in [3.63, 3.8) is 0 Å². The van der Waals surface area contributed by atoms with E-state index >= 15 is 0 Å². The summed E-state index contributed by atoms with van der Waals surface area (Å²) < 4.78 is 10.6. The first kappa shape index (κ1) is 17.7. The van der Waals surface area contributed by atoms with Gasteiger partial charge in [0.1, 0.15) is 0 Å². The van der Waals surface area contributed by atoms with E-state index in [1.54, 1.807) is 14.2 Å². The fourth-order valence-corrected chi connectivity index (χ4v) is 2.56. The summed E-state index contributed by atoms with van der Waals surface area (Å²) in [7, 11) is 3.28. The highest BCUT2D eigenvalue weighted by Gasteiger charge is 2.05. The van der Waals surface area contributed by atoms with Gasteiger partial charge in [0.15, 0.2) is 11.5 Å². The molecule has 128 valence electrons. The zero-order valence-electron chi connectivity index (χ0n) is 14.2. The summed E-state index contributed by atoms with van der Waals surface area (Å²) in [6.45, 7) is 0.148. The molecule has 0 spiro atoms. The Labute approximate surface area is 142 Å². The standard InChI is InChI=1S/C19H24N2O3/c1-23-17-10-9-15(12-18(17)24-2)6-3-5-14-7-4-8-16(11-14)21-13-19(20)22/h4,7-12,21H,3,5-6,13H2,1-2H3,(H2,20,22). The van der Waals surface area contributed by atoms with Crippen molar-refractivity contribution in [3.05, 3.63) is 53.6 Å². The number of hydrogen-bond acceptors (Lipinski definition) is 4. The van der Waals surface area contributed by atoms with Crippen molar-refractivity contribution < 1.29 is 14.3 Å². The second kappa shape index (κ2) is 8.82. The highest BCUT2D eigenvalue weighted by atomic mass is 16.5. The molecule has 0 atom stereocenters. The Morgan fingerprint density at radius 2 is 1.71 bits per heavy atom. The maximum absolute atomic E-state index is 10.8. The van der Waals surface area contributed by atoms with E-state index in [4.69, 9.17) is 15.2 Å². The maximum Gasteiger partial charge on any atom is 0.236 e. The monoisotopic (exact) mass is 328 g/mol. The van der Waals surface area contributed by atoms with Crippen molar-refractivity contribution in [1.82, 2.24) is 0 Å². The van der Waals surface area contributed by atoms with Gasteiger partial charge in [-0.1, -0.05) is 18.2 Å². The number of carbonyl (C=O) groups is 1. The molecule has 3 N–H and O–H groups in total. The van der Waals surface area contributed by atoms with Gasteiger partial charge in [-0.2, -0.15) is 0 Å². The summed E-state index contributed by atoms with van der Waals surface area (Å²) in [6.07, 6.45) is 2.94. The number of nitrogens with one attached hydrogen (secondary N) is 1. The molecule has 0 unspecified atom stereocenters. The zero-order valence-corrected chi connectivity index (χ0v) is 14.2. The van der Waals surface area contributed by atoms with Crippen LogP contribution in [0.3, 0.4) is 0 Å². The Morgan fingerprint density at radius 1 is 1.00 bits per heavy atom. The molecule has 0 aliphatic rings. The average molecular weight is 328 g/mol. The van der Waals surface area contributed by atoms with Gasteiger partial charge in [-0.3, -0.25) is 4.79 Å². The molecule has 0 radical (unpaired) electrons. The summed E-state index contributed by atoms with van der Waals surface area (Å²) in [6, 6.07) is 14.1. The third-order valence-electron chi connectivity index (χ3n) is 3.77. The molecule has 2 aromatic rings. The molecule has 0 aliphatic carbocycles. The van der Waals surface area contributed by atoms with Gasteiger partial charge in [0.2, 0.25) is 5.91 Å². The largest absolute Gasteiger partial charge is 0.493 e. The molecule has 0 saturated heterocycles. The van der Waals surface area contributed by atoms with Gasteiger partial charge in [0.25, 0.3) is 0 Å². The molecular formula is C19H24N2O3. The van der Waals surface area contributed by atoms with Gasteiger partial charge in [0, 0.05) is 5.69 Å². The fraction of sp³-hybridized carbons (Fsp3) is 0.316. The third kappa shape index (κ3) is 5.19. The predicted octanol–water partition coefficient (Wildman–Crippen LogP) is 2.78. The van der Waals surface area contributed by atoms with E-state index in [0.717, 1.165) is 36.4 Å². The second-order valence-electron chi connectivity index (χ2n) is 5.56. The maximum atomic E-state index is 10.8. The summed E-state index contributed by atoms with van der Waals surface area (Å²) in [5.41, 5.74) is 8.51. The van der Waals surface area contributed by atoms with E-state index < -0.39 is 0 Å². The molecule has 5 heteroatoms. The first-order valence-electron chi connectivity index (χ1n) is 7.94. The van der Waals surface area contributed by atoms with Crippen molar-refractivity contribution in [2.75, 3.05) is 26.1 Å². The number of primary amides is 1. The minimum atomic E-state index is -0.367. The lowest BCUT2D eigenvalue weighted by Gasteiger charge is -2.10. The summed E-state index contributed by atoms with van der Waals surface area (Å²) >= 11 is 0. The summed E-state index contributed by atoms with van der Waals surface area (Å²) in [5.74, 6) is 1.14. The molecule has 0 aliphatic heterocycles. The van der Waals surface area contributed by atoms with E-state index in [2.05, 4.69) is 23.5 Å². The van der Waals surface area contributed by atoms with Crippen LogP contribution in [-0.2, 0) is 17.6 Å². The van der Waals surface area contributed by atoms with Crippen LogP contribution in [0.25, 0.3) is 0 Å². The Balaban J connectivity index is 1.90. The topological polar surface area (TPSA) is 73.6 Å². The minimum absolute atomic E-state index is 0.148. The van der Waals surface area contributed by atoms with Crippen LogP contribution in [0.1, 0.15) is 17.5 Å². The molecule has 0 bridgehead atoms. The van der Waals surface area contributed by atoms with Gasteiger partial charge >= 0.3 is 0 Å². The molecule has 0 fully saturated rings. The number of carbonyl (C=O) groups excluding carboxylic acids is 1. The molecule has 5 nitrogen and oxygen atoms in total. The Bertz CT molecular complexity index is 686. The van der Waals surface area contributed by atoms with Crippen LogP contribution >= 0.6 is 0 Å². The van der Waals surface area contributed by atoms with Gasteiger partial charge in [-0.05, 0) is 54.7 Å². The highest BCUT2D eigenvalue weighted by Crippen LogP contribution is 2.28. The number of amides is 1. The molecule has 0 saturated carbocycles. The number of aryl methyl sites for hydroxylation is 2. The van der Waals surface area contributed by atoms with E-state index in [1.807, 2.05) is 24.3 Å². The normalized spacial score (nSPS) is 10.2. The third-order valence-corrected chi connectivity index (χ3v) is 3.77. The highest BCUT2D eigenvalue weighted by molar-refractivity contribution is 5.78. The van der Waals surface area contributed by atoms with Crippen molar-refractivity contribution in [2.24, 2.45) is 5.73 Å². The fourth-order valence-electron chi connectivity index (χ4n) is 2.56. The summed E-state index contributed by atoms with van der Waals surface area (Å²) in [5, 5.41) is 3.02. The molecule has 0 heterocycles. The van der Waals surface area contributed by atoms with Crippen LogP contribution < -0.4 is 20.5 Å². The number of ether oxygens (including phenoxy) is 2. The molecular weight excluding hydrogens is 304 g/mol. The molecule has 1 amide bonds. The lowest BCUT2D eigenvalue weighted by Crippen LogP contribution is -2.21. The SMILES string of the molecule is COc1ccc(CCCc2cccc(NCC(N)=O)c2)cc1OC. The van der Waals surface area contributed by atoms with Crippen LogP contribution in [0.15, 0.2) is 42.5 Å². The number of nitrogens with two attached hydrogens (primary N) is 1. The van der Waals surface area contributed by atoms with Crippen LogP contribution in [0, 0.1) is 0 Å². The average Bonchev–Trinajstić information content (AvgIpc) is 2.60. The van der Waals surface area contributed by atoms with E-state index in [1.165, 1.54) is 11.1 Å². The van der Waals surface area contributed by atoms with Gasteiger partial charge in [0.05, 0.1) is 20.8 Å².